The van der Waals surface area contributed by atoms with Crippen molar-refractivity contribution in [1.82, 2.24) is 0 Å². The highest BCUT2D eigenvalue weighted by atomic mass is 32.1. The number of rotatable bonds is 3. The number of hydrogen-bond donors (Lipinski definition) is 1. The van der Waals surface area contributed by atoms with E-state index in [0.29, 0.717) is 5.56 Å². The third kappa shape index (κ3) is 2.56. The Bertz CT molecular complexity index is 677. The largest absolute Gasteiger partial charge is 0.478 e. The third-order valence-corrected chi connectivity index (χ3v) is 5.33. The molecule has 1 N–H and O–H groups in total. The number of carbonyl (C=O) groups is 1. The number of aryl methyl sites for hydroxylation is 1. The summed E-state index contributed by atoms with van der Waals surface area (Å²) in [6.07, 6.45) is 1.86. The van der Waals surface area contributed by atoms with Gasteiger partial charge in [0.2, 0.25) is 0 Å². The average Bonchev–Trinajstić information content (AvgIpc) is 2.91. The molecule has 1 atom stereocenters. The Morgan fingerprint density at radius 2 is 2.14 bits per heavy atom. The molecule has 21 heavy (non-hydrogen) atoms. The van der Waals surface area contributed by atoms with Crippen molar-refractivity contribution in [2.24, 2.45) is 0 Å². The molecule has 4 heteroatoms. The maximum atomic E-state index is 11.4. The van der Waals surface area contributed by atoms with Crippen LogP contribution in [0.1, 0.15) is 45.1 Å². The molecule has 110 valence electrons. The van der Waals surface area contributed by atoms with Crippen molar-refractivity contribution >= 4 is 23.0 Å². The lowest BCUT2D eigenvalue weighted by Gasteiger charge is -2.36. The second kappa shape index (κ2) is 5.53. The molecule has 2 aromatic rings. The highest BCUT2D eigenvalue weighted by Crippen LogP contribution is 2.37. The van der Waals surface area contributed by atoms with Crippen molar-refractivity contribution in [3.05, 3.63) is 51.2 Å². The predicted molar refractivity (Wildman–Crippen MR) is 86.5 cm³/mol. The quantitative estimate of drug-likeness (QED) is 0.920. The van der Waals surface area contributed by atoms with Crippen molar-refractivity contribution in [3.8, 4) is 0 Å². The van der Waals surface area contributed by atoms with Crippen LogP contribution in [-0.2, 0) is 6.42 Å². The van der Waals surface area contributed by atoms with Crippen LogP contribution < -0.4 is 4.90 Å². The number of anilines is 1. The van der Waals surface area contributed by atoms with Gasteiger partial charge in [0, 0.05) is 22.0 Å². The van der Waals surface area contributed by atoms with E-state index in [1.54, 1.807) is 6.07 Å². The number of carboxylic acids is 1. The Hall–Kier alpha value is -1.81. The maximum Gasteiger partial charge on any atom is 0.336 e. The molecule has 3 nitrogen and oxygen atoms in total. The minimum atomic E-state index is -0.826. The molecule has 1 aromatic heterocycles. The molecule has 0 radical (unpaired) electrons. The van der Waals surface area contributed by atoms with E-state index in [9.17, 15) is 9.90 Å². The van der Waals surface area contributed by atoms with E-state index >= 15 is 0 Å². The molecule has 1 aliphatic heterocycles. The Balaban J connectivity index is 2.01. The van der Waals surface area contributed by atoms with E-state index in [-0.39, 0.29) is 6.04 Å². The maximum absolute atomic E-state index is 11.4. The minimum absolute atomic E-state index is 0.284. The first-order chi connectivity index (χ1) is 10.1. The van der Waals surface area contributed by atoms with Crippen LogP contribution in [-0.4, -0.2) is 17.6 Å². The Morgan fingerprint density at radius 3 is 2.81 bits per heavy atom. The van der Waals surface area contributed by atoms with Gasteiger partial charge in [0.05, 0.1) is 11.6 Å². The first-order valence-corrected chi connectivity index (χ1v) is 8.07. The number of nitrogens with zero attached hydrogens (tertiary/aromatic N) is 1. The van der Waals surface area contributed by atoms with Crippen molar-refractivity contribution in [1.29, 1.82) is 0 Å². The van der Waals surface area contributed by atoms with Crippen LogP contribution >= 0.6 is 11.3 Å². The second-order valence-corrected chi connectivity index (χ2v) is 6.85. The normalized spacial score (nSPS) is 15.6. The van der Waals surface area contributed by atoms with Crippen LogP contribution in [0, 0.1) is 6.92 Å². The van der Waals surface area contributed by atoms with E-state index in [1.165, 1.54) is 9.75 Å². The highest BCUT2D eigenvalue weighted by molar-refractivity contribution is 7.12. The highest BCUT2D eigenvalue weighted by Gasteiger charge is 2.26. The summed E-state index contributed by atoms with van der Waals surface area (Å²) in [4.78, 5) is 16.4. The summed E-state index contributed by atoms with van der Waals surface area (Å²) in [6, 6.07) is 10.2. The van der Waals surface area contributed by atoms with Gasteiger partial charge in [-0.1, -0.05) is 6.07 Å². The summed E-state index contributed by atoms with van der Waals surface area (Å²) in [5, 5.41) is 9.37. The van der Waals surface area contributed by atoms with Crippen molar-refractivity contribution in [2.45, 2.75) is 32.7 Å². The predicted octanol–water partition coefficient (Wildman–Crippen LogP) is 4.27. The van der Waals surface area contributed by atoms with Gasteiger partial charge in [0.1, 0.15) is 0 Å². The van der Waals surface area contributed by atoms with Crippen LogP contribution in [0.5, 0.6) is 0 Å². The molecular formula is C17H19NO2S. The molecule has 1 unspecified atom stereocenters. The van der Waals surface area contributed by atoms with Crippen LogP contribution in [0.2, 0.25) is 0 Å². The number of carboxylic acid groups (broad SMARTS) is 1. The third-order valence-electron chi connectivity index (χ3n) is 4.16. The lowest BCUT2D eigenvalue weighted by molar-refractivity contribution is 0.0695. The summed E-state index contributed by atoms with van der Waals surface area (Å²) in [6.45, 7) is 5.30. The molecule has 0 saturated heterocycles. The topological polar surface area (TPSA) is 40.5 Å². The van der Waals surface area contributed by atoms with Gasteiger partial charge in [0.15, 0.2) is 0 Å². The zero-order chi connectivity index (χ0) is 15.0. The number of hydrogen-bond acceptors (Lipinski definition) is 3. The minimum Gasteiger partial charge on any atom is -0.478 e. The lowest BCUT2D eigenvalue weighted by Crippen LogP contribution is -2.32. The first-order valence-electron chi connectivity index (χ1n) is 7.26. The van der Waals surface area contributed by atoms with Gasteiger partial charge in [-0.2, -0.15) is 0 Å². The van der Waals surface area contributed by atoms with Gasteiger partial charge >= 0.3 is 5.97 Å². The summed E-state index contributed by atoms with van der Waals surface area (Å²) >= 11 is 1.82. The van der Waals surface area contributed by atoms with Crippen molar-refractivity contribution < 1.29 is 9.90 Å². The van der Waals surface area contributed by atoms with Crippen molar-refractivity contribution in [2.75, 3.05) is 11.4 Å². The summed E-state index contributed by atoms with van der Waals surface area (Å²) < 4.78 is 0. The van der Waals surface area contributed by atoms with Gasteiger partial charge in [-0.3, -0.25) is 0 Å². The zero-order valence-electron chi connectivity index (χ0n) is 12.3. The van der Waals surface area contributed by atoms with Gasteiger partial charge in [-0.05, 0) is 56.5 Å². The standard InChI is InChI=1S/C17H19NO2S/c1-11-8-9-16(21-11)12(2)18-10-4-6-13-14(17(19)20)5-3-7-15(13)18/h3,5,7-9,12H,4,6,10H2,1-2H3,(H,19,20). The van der Waals surface area contributed by atoms with Crippen LogP contribution in [0.15, 0.2) is 30.3 Å². The van der Waals surface area contributed by atoms with Gasteiger partial charge in [-0.15, -0.1) is 11.3 Å². The monoisotopic (exact) mass is 301 g/mol. The van der Waals surface area contributed by atoms with E-state index in [1.807, 2.05) is 17.4 Å². The molecule has 0 saturated carbocycles. The molecule has 0 fully saturated rings. The molecule has 0 spiro atoms. The second-order valence-electron chi connectivity index (χ2n) is 5.53. The lowest BCUT2D eigenvalue weighted by atomic mass is 9.95. The Morgan fingerprint density at radius 1 is 1.33 bits per heavy atom. The molecule has 0 bridgehead atoms. The van der Waals surface area contributed by atoms with E-state index in [2.05, 4.69) is 36.9 Å². The molecule has 3 rings (SSSR count). The average molecular weight is 301 g/mol. The first kappa shape index (κ1) is 14.1. The van der Waals surface area contributed by atoms with Crippen LogP contribution in [0.25, 0.3) is 0 Å². The smallest absolute Gasteiger partial charge is 0.336 e. The molecule has 2 heterocycles. The molecular weight excluding hydrogens is 282 g/mol. The summed E-state index contributed by atoms with van der Waals surface area (Å²) in [7, 11) is 0. The SMILES string of the molecule is Cc1ccc(C(C)N2CCCc3c(C(=O)O)cccc32)s1. The molecule has 0 aliphatic carbocycles. The number of aromatic carboxylic acids is 1. The summed E-state index contributed by atoms with van der Waals surface area (Å²) in [5.74, 6) is -0.826. The Kier molecular flexibility index (Phi) is 3.72. The van der Waals surface area contributed by atoms with E-state index in [0.717, 1.165) is 30.6 Å². The van der Waals surface area contributed by atoms with Gasteiger partial charge in [-0.25, -0.2) is 4.79 Å². The van der Waals surface area contributed by atoms with Gasteiger partial charge in [0.25, 0.3) is 0 Å². The van der Waals surface area contributed by atoms with Crippen LogP contribution in [0.3, 0.4) is 0 Å². The number of thiophene rings is 1. The zero-order valence-corrected chi connectivity index (χ0v) is 13.1. The van der Waals surface area contributed by atoms with E-state index < -0.39 is 5.97 Å². The molecule has 0 amide bonds. The number of fused-ring (bicyclic) bond motifs is 1. The van der Waals surface area contributed by atoms with Gasteiger partial charge < -0.3 is 10.0 Å². The van der Waals surface area contributed by atoms with E-state index in [4.69, 9.17) is 0 Å². The molecule has 1 aliphatic rings. The Labute approximate surface area is 128 Å². The fourth-order valence-corrected chi connectivity index (χ4v) is 4.03. The van der Waals surface area contributed by atoms with Crippen molar-refractivity contribution in [3.63, 3.8) is 0 Å². The molecule has 1 aromatic carbocycles. The fourth-order valence-electron chi connectivity index (χ4n) is 3.09. The fraction of sp³-hybridized carbons (Fsp3) is 0.353. The van der Waals surface area contributed by atoms with Crippen LogP contribution in [0.4, 0.5) is 5.69 Å². The summed E-state index contributed by atoms with van der Waals surface area (Å²) in [5.41, 5.74) is 2.52. The number of benzene rings is 1.